The zero-order valence-electron chi connectivity index (χ0n) is 10.4. The molecule has 1 heterocycles. The predicted octanol–water partition coefficient (Wildman–Crippen LogP) is 3.02. The lowest BCUT2D eigenvalue weighted by Gasteiger charge is -2.04. The number of hydrogen-bond donors (Lipinski definition) is 1. The summed E-state index contributed by atoms with van der Waals surface area (Å²) in [4.78, 5) is 10.6. The number of carboxylic acid groups (broad SMARTS) is 1. The van der Waals surface area contributed by atoms with Gasteiger partial charge in [-0.3, -0.25) is 0 Å². The summed E-state index contributed by atoms with van der Waals surface area (Å²) in [6, 6.07) is 11.9. The Labute approximate surface area is 119 Å². The second kappa shape index (κ2) is 6.68. The van der Waals surface area contributed by atoms with Gasteiger partial charge in [-0.15, -0.1) is 0 Å². The first-order valence-electron chi connectivity index (χ1n) is 5.78. The number of thioether (sulfide) groups is 1. The van der Waals surface area contributed by atoms with E-state index in [9.17, 15) is 4.79 Å². The third kappa shape index (κ3) is 3.80. The lowest BCUT2D eigenvalue weighted by molar-refractivity contribution is 0.0656. The summed E-state index contributed by atoms with van der Waals surface area (Å²) in [7, 11) is 0. The lowest BCUT2D eigenvalue weighted by Crippen LogP contribution is -1.99. The molecule has 0 fully saturated rings. The summed E-state index contributed by atoms with van der Waals surface area (Å²) in [6.45, 7) is 0.458. The van der Waals surface area contributed by atoms with E-state index in [4.69, 9.17) is 19.5 Å². The summed E-state index contributed by atoms with van der Waals surface area (Å²) >= 11 is 1.38. The van der Waals surface area contributed by atoms with Crippen molar-refractivity contribution in [3.63, 3.8) is 0 Å². The van der Waals surface area contributed by atoms with Crippen LogP contribution in [0.3, 0.4) is 0 Å². The Morgan fingerprint density at radius 3 is 2.65 bits per heavy atom. The second-order valence-electron chi connectivity index (χ2n) is 3.76. The number of carboxylic acids is 1. The predicted molar refractivity (Wildman–Crippen MR) is 73.0 cm³/mol. The van der Waals surface area contributed by atoms with Gasteiger partial charge >= 0.3 is 5.97 Å². The first-order chi connectivity index (χ1) is 9.69. The lowest BCUT2D eigenvalue weighted by atomic mass is 10.2. The van der Waals surface area contributed by atoms with Crippen molar-refractivity contribution in [1.29, 1.82) is 5.26 Å². The number of aromatic carboxylic acids is 1. The van der Waals surface area contributed by atoms with Gasteiger partial charge in [-0.2, -0.15) is 5.26 Å². The van der Waals surface area contributed by atoms with E-state index in [1.54, 1.807) is 30.3 Å². The Hall–Kier alpha value is -2.39. The number of rotatable bonds is 6. The maximum atomic E-state index is 10.6. The molecule has 0 aliphatic carbocycles. The molecule has 0 unspecified atom stereocenters. The third-order valence-corrected chi connectivity index (χ3v) is 3.25. The highest BCUT2D eigenvalue weighted by Crippen LogP contribution is 2.21. The number of carbonyl (C=O) groups is 1. The van der Waals surface area contributed by atoms with Crippen molar-refractivity contribution in [3.05, 3.63) is 47.7 Å². The Morgan fingerprint density at radius 1 is 1.30 bits per heavy atom. The van der Waals surface area contributed by atoms with Crippen LogP contribution in [0.4, 0.5) is 0 Å². The zero-order chi connectivity index (χ0) is 14.4. The summed E-state index contributed by atoms with van der Waals surface area (Å²) in [5.74, 6) is 0.175. The van der Waals surface area contributed by atoms with E-state index in [2.05, 4.69) is 0 Å². The molecular formula is C14H11NO4S. The zero-order valence-corrected chi connectivity index (χ0v) is 11.2. The molecule has 1 aromatic carbocycles. The molecule has 0 saturated heterocycles. The number of ether oxygens (including phenoxy) is 1. The second-order valence-corrected chi connectivity index (χ2v) is 4.86. The van der Waals surface area contributed by atoms with Gasteiger partial charge < -0.3 is 14.3 Å². The number of furan rings is 1. The van der Waals surface area contributed by atoms with Crippen LogP contribution in [0, 0.1) is 11.3 Å². The van der Waals surface area contributed by atoms with Gasteiger partial charge in [0.25, 0.3) is 0 Å². The largest absolute Gasteiger partial charge is 0.493 e. The van der Waals surface area contributed by atoms with E-state index >= 15 is 0 Å². The molecule has 1 N–H and O–H groups in total. The van der Waals surface area contributed by atoms with Gasteiger partial charge in [-0.25, -0.2) is 4.79 Å². The van der Waals surface area contributed by atoms with Crippen LogP contribution in [0.5, 0.6) is 5.75 Å². The maximum absolute atomic E-state index is 10.6. The summed E-state index contributed by atoms with van der Waals surface area (Å²) < 4.78 is 10.6. The monoisotopic (exact) mass is 289 g/mol. The Balaban J connectivity index is 1.75. The fourth-order valence-electron chi connectivity index (χ4n) is 1.44. The van der Waals surface area contributed by atoms with Gasteiger partial charge in [0.05, 0.1) is 18.2 Å². The van der Waals surface area contributed by atoms with Crippen molar-refractivity contribution >= 4 is 17.7 Å². The SMILES string of the molecule is N#Cc1ccc(OCCSc2ccc(C(=O)O)o2)cc1. The molecule has 0 aliphatic rings. The summed E-state index contributed by atoms with van der Waals surface area (Å²) in [6.07, 6.45) is 0. The maximum Gasteiger partial charge on any atom is 0.371 e. The molecule has 0 radical (unpaired) electrons. The molecule has 0 aliphatic heterocycles. The van der Waals surface area contributed by atoms with E-state index in [1.165, 1.54) is 17.8 Å². The number of hydrogen-bond acceptors (Lipinski definition) is 5. The minimum atomic E-state index is -1.08. The normalized spacial score (nSPS) is 9.95. The molecule has 0 amide bonds. The standard InChI is InChI=1S/C14H11NO4S/c15-9-10-1-3-11(4-2-10)18-7-8-20-13-6-5-12(19-13)14(16)17/h1-6H,7-8H2,(H,16,17). The van der Waals surface area contributed by atoms with Crippen LogP contribution in [0.25, 0.3) is 0 Å². The van der Waals surface area contributed by atoms with Gasteiger partial charge in [-0.1, -0.05) is 11.8 Å². The van der Waals surface area contributed by atoms with E-state index in [0.29, 0.717) is 28.8 Å². The van der Waals surface area contributed by atoms with E-state index in [-0.39, 0.29) is 5.76 Å². The molecule has 0 saturated carbocycles. The number of nitriles is 1. The quantitative estimate of drug-likeness (QED) is 0.650. The summed E-state index contributed by atoms with van der Waals surface area (Å²) in [5, 5.41) is 17.9. The molecule has 102 valence electrons. The first-order valence-corrected chi connectivity index (χ1v) is 6.76. The molecule has 0 atom stereocenters. The van der Waals surface area contributed by atoms with Gasteiger partial charge in [0.1, 0.15) is 5.75 Å². The molecule has 0 spiro atoms. The highest BCUT2D eigenvalue weighted by molar-refractivity contribution is 7.99. The van der Waals surface area contributed by atoms with Crippen molar-refractivity contribution < 1.29 is 19.1 Å². The van der Waals surface area contributed by atoms with Crippen LogP contribution in [0.2, 0.25) is 0 Å². The molecular weight excluding hydrogens is 278 g/mol. The van der Waals surface area contributed by atoms with Gasteiger partial charge in [-0.05, 0) is 36.4 Å². The number of nitrogens with zero attached hydrogens (tertiary/aromatic N) is 1. The number of benzene rings is 1. The smallest absolute Gasteiger partial charge is 0.371 e. The Bertz CT molecular complexity index is 627. The third-order valence-electron chi connectivity index (χ3n) is 2.37. The van der Waals surface area contributed by atoms with Gasteiger partial charge in [0, 0.05) is 5.75 Å². The molecule has 2 aromatic rings. The summed E-state index contributed by atoms with van der Waals surface area (Å²) in [5.41, 5.74) is 0.587. The topological polar surface area (TPSA) is 83.5 Å². The fraction of sp³-hybridized carbons (Fsp3) is 0.143. The van der Waals surface area contributed by atoms with Crippen molar-refractivity contribution in [2.24, 2.45) is 0 Å². The van der Waals surface area contributed by atoms with Crippen LogP contribution in [0.15, 0.2) is 45.9 Å². The highest BCUT2D eigenvalue weighted by Gasteiger charge is 2.08. The van der Waals surface area contributed by atoms with Crippen LogP contribution in [-0.4, -0.2) is 23.4 Å². The molecule has 6 heteroatoms. The van der Waals surface area contributed by atoms with Crippen LogP contribution in [0.1, 0.15) is 16.1 Å². The molecule has 20 heavy (non-hydrogen) atoms. The van der Waals surface area contributed by atoms with E-state index < -0.39 is 5.97 Å². The highest BCUT2D eigenvalue weighted by atomic mass is 32.2. The van der Waals surface area contributed by atoms with Crippen molar-refractivity contribution in [1.82, 2.24) is 0 Å². The van der Waals surface area contributed by atoms with Gasteiger partial charge in [0.2, 0.25) is 5.76 Å². The minimum Gasteiger partial charge on any atom is -0.493 e. The van der Waals surface area contributed by atoms with Gasteiger partial charge in [0.15, 0.2) is 5.09 Å². The minimum absolute atomic E-state index is 0.0690. The Morgan fingerprint density at radius 2 is 2.05 bits per heavy atom. The average molecular weight is 289 g/mol. The van der Waals surface area contributed by atoms with E-state index in [0.717, 1.165) is 0 Å². The average Bonchev–Trinajstić information content (AvgIpc) is 2.93. The van der Waals surface area contributed by atoms with Crippen molar-refractivity contribution in [3.8, 4) is 11.8 Å². The molecule has 2 rings (SSSR count). The van der Waals surface area contributed by atoms with Crippen molar-refractivity contribution in [2.75, 3.05) is 12.4 Å². The molecule has 1 aromatic heterocycles. The Kier molecular flexibility index (Phi) is 4.69. The van der Waals surface area contributed by atoms with Crippen molar-refractivity contribution in [2.45, 2.75) is 5.09 Å². The fourth-order valence-corrected chi connectivity index (χ4v) is 2.12. The first kappa shape index (κ1) is 14.0. The molecule has 5 nitrogen and oxygen atoms in total. The molecule has 0 bridgehead atoms. The van der Waals surface area contributed by atoms with Crippen LogP contribution in [-0.2, 0) is 0 Å². The van der Waals surface area contributed by atoms with Crippen LogP contribution < -0.4 is 4.74 Å². The van der Waals surface area contributed by atoms with E-state index in [1.807, 2.05) is 6.07 Å². The van der Waals surface area contributed by atoms with Crippen LogP contribution >= 0.6 is 11.8 Å².